The molecule has 0 saturated heterocycles. The highest BCUT2D eigenvalue weighted by atomic mass is 32.1. The van der Waals surface area contributed by atoms with Crippen molar-refractivity contribution >= 4 is 22.8 Å². The van der Waals surface area contributed by atoms with Crippen molar-refractivity contribution in [3.05, 3.63) is 52.5 Å². The lowest BCUT2D eigenvalue weighted by molar-refractivity contribution is 0.0895. The number of imidazole rings is 1. The fourth-order valence-electron chi connectivity index (χ4n) is 3.47. The van der Waals surface area contributed by atoms with Gasteiger partial charge >= 0.3 is 0 Å². The van der Waals surface area contributed by atoms with E-state index < -0.39 is 0 Å². The third kappa shape index (κ3) is 2.34. The molecule has 0 aromatic carbocycles. The van der Waals surface area contributed by atoms with E-state index in [1.807, 2.05) is 47.3 Å². The highest BCUT2D eigenvalue weighted by molar-refractivity contribution is 7.09. The molecule has 0 atom stereocenters. The molecule has 1 amide bonds. The summed E-state index contributed by atoms with van der Waals surface area (Å²) in [4.78, 5) is 21.9. The highest BCUT2D eigenvalue weighted by Crippen LogP contribution is 2.39. The topological polar surface area (TPSA) is 59.3 Å². The molecule has 118 valence electrons. The second-order valence-corrected chi connectivity index (χ2v) is 6.94. The summed E-state index contributed by atoms with van der Waals surface area (Å²) in [5.74, 6) is 0.708. The van der Waals surface area contributed by atoms with Gasteiger partial charge in [0.2, 0.25) is 0 Å². The molecule has 1 aliphatic carbocycles. The van der Waals surface area contributed by atoms with Crippen molar-refractivity contribution in [1.82, 2.24) is 19.7 Å². The number of aryl methyl sites for hydroxylation is 1. The van der Waals surface area contributed by atoms with Gasteiger partial charge in [0.15, 0.2) is 5.69 Å². The van der Waals surface area contributed by atoms with Gasteiger partial charge in [0.25, 0.3) is 5.91 Å². The molecule has 1 aliphatic rings. The molecule has 3 aromatic rings. The van der Waals surface area contributed by atoms with E-state index in [2.05, 4.69) is 15.3 Å². The molecule has 0 aliphatic heterocycles. The quantitative estimate of drug-likeness (QED) is 0.803. The summed E-state index contributed by atoms with van der Waals surface area (Å²) in [6.07, 6.45) is 7.85. The minimum absolute atomic E-state index is 0.112. The number of pyridine rings is 1. The number of hydrogen-bond acceptors (Lipinski definition) is 4. The summed E-state index contributed by atoms with van der Waals surface area (Å²) in [5.41, 5.74) is 1.00. The second-order valence-electron chi connectivity index (χ2n) is 6.04. The monoisotopic (exact) mass is 326 g/mol. The number of amides is 1. The van der Waals surface area contributed by atoms with E-state index in [-0.39, 0.29) is 11.4 Å². The van der Waals surface area contributed by atoms with Crippen LogP contribution in [0.1, 0.15) is 47.0 Å². The molecule has 0 bridgehead atoms. The Morgan fingerprint density at radius 3 is 2.91 bits per heavy atom. The van der Waals surface area contributed by atoms with Gasteiger partial charge in [0.1, 0.15) is 10.8 Å². The lowest BCUT2D eigenvalue weighted by Gasteiger charge is -2.27. The molecule has 0 spiro atoms. The maximum atomic E-state index is 12.9. The van der Waals surface area contributed by atoms with Gasteiger partial charge in [-0.15, -0.1) is 11.3 Å². The van der Waals surface area contributed by atoms with Crippen LogP contribution in [0.3, 0.4) is 0 Å². The lowest BCUT2D eigenvalue weighted by atomic mass is 9.98. The molecule has 0 radical (unpaired) electrons. The number of thiazole rings is 1. The van der Waals surface area contributed by atoms with Crippen LogP contribution in [0, 0.1) is 6.92 Å². The summed E-state index contributed by atoms with van der Waals surface area (Å²) in [6.45, 7) is 1.91. The van der Waals surface area contributed by atoms with E-state index >= 15 is 0 Å². The molecule has 1 N–H and O–H groups in total. The first-order valence-corrected chi connectivity index (χ1v) is 8.74. The van der Waals surface area contributed by atoms with E-state index in [1.165, 1.54) is 0 Å². The summed E-state index contributed by atoms with van der Waals surface area (Å²) in [7, 11) is 0. The van der Waals surface area contributed by atoms with E-state index in [0.717, 1.165) is 42.0 Å². The van der Waals surface area contributed by atoms with Crippen LogP contribution in [0.25, 0.3) is 5.52 Å². The lowest BCUT2D eigenvalue weighted by Crippen LogP contribution is -2.44. The van der Waals surface area contributed by atoms with Gasteiger partial charge in [-0.05, 0) is 31.9 Å². The first-order chi connectivity index (χ1) is 11.2. The standard InChI is InChI=1S/C17H18N4OS/c1-12-19-14(13-6-2-5-10-21(12)13)15(22)20-17(7-3-4-8-17)16-18-9-11-23-16/h2,5-6,9-11H,3-4,7-8H2,1H3,(H,20,22). The number of hydrogen-bond donors (Lipinski definition) is 1. The zero-order chi connectivity index (χ0) is 15.9. The molecule has 3 heterocycles. The predicted octanol–water partition coefficient (Wildman–Crippen LogP) is 3.30. The average molecular weight is 326 g/mol. The van der Waals surface area contributed by atoms with Crippen LogP contribution < -0.4 is 5.32 Å². The van der Waals surface area contributed by atoms with Gasteiger partial charge in [0.05, 0.1) is 11.1 Å². The molecular weight excluding hydrogens is 308 g/mol. The van der Waals surface area contributed by atoms with E-state index in [4.69, 9.17) is 0 Å². The molecule has 6 heteroatoms. The van der Waals surface area contributed by atoms with Crippen molar-refractivity contribution in [2.75, 3.05) is 0 Å². The molecule has 0 unspecified atom stereocenters. The van der Waals surface area contributed by atoms with Gasteiger partial charge in [-0.25, -0.2) is 9.97 Å². The van der Waals surface area contributed by atoms with Gasteiger partial charge in [-0.1, -0.05) is 18.9 Å². The molecular formula is C17H18N4OS. The van der Waals surface area contributed by atoms with Crippen LogP contribution in [-0.4, -0.2) is 20.3 Å². The Kier molecular flexibility index (Phi) is 3.41. The molecule has 4 rings (SSSR count). The van der Waals surface area contributed by atoms with Crippen molar-refractivity contribution in [3.63, 3.8) is 0 Å². The van der Waals surface area contributed by atoms with E-state index in [0.29, 0.717) is 5.69 Å². The number of carbonyl (C=O) groups excluding carboxylic acids is 1. The second kappa shape index (κ2) is 5.45. The van der Waals surface area contributed by atoms with Gasteiger partial charge < -0.3 is 9.72 Å². The molecule has 3 aromatic heterocycles. The SMILES string of the molecule is Cc1nc(C(=O)NC2(c3nccs3)CCCC2)c2ccccn12. The Bertz CT molecular complexity index is 847. The van der Waals surface area contributed by atoms with Crippen LogP contribution in [0.4, 0.5) is 0 Å². The maximum absolute atomic E-state index is 12.9. The van der Waals surface area contributed by atoms with E-state index in [9.17, 15) is 4.79 Å². The first-order valence-electron chi connectivity index (χ1n) is 7.86. The molecule has 1 saturated carbocycles. The van der Waals surface area contributed by atoms with Crippen molar-refractivity contribution < 1.29 is 4.79 Å². The Morgan fingerprint density at radius 1 is 1.35 bits per heavy atom. The summed E-state index contributed by atoms with van der Waals surface area (Å²) < 4.78 is 1.94. The van der Waals surface area contributed by atoms with E-state index in [1.54, 1.807) is 11.3 Å². The van der Waals surface area contributed by atoms with Crippen LogP contribution in [0.5, 0.6) is 0 Å². The van der Waals surface area contributed by atoms with Crippen LogP contribution in [0.2, 0.25) is 0 Å². The number of aromatic nitrogens is 3. The van der Waals surface area contributed by atoms with Crippen LogP contribution >= 0.6 is 11.3 Å². The summed E-state index contributed by atoms with van der Waals surface area (Å²) in [6, 6.07) is 5.80. The molecule has 5 nitrogen and oxygen atoms in total. The largest absolute Gasteiger partial charge is 0.339 e. The van der Waals surface area contributed by atoms with Gasteiger partial charge in [0, 0.05) is 17.8 Å². The highest BCUT2D eigenvalue weighted by Gasteiger charge is 2.40. The summed E-state index contributed by atoms with van der Waals surface area (Å²) in [5, 5.41) is 6.22. The van der Waals surface area contributed by atoms with Gasteiger partial charge in [-0.3, -0.25) is 4.79 Å². The normalized spacial score (nSPS) is 16.7. The Morgan fingerprint density at radius 2 is 2.17 bits per heavy atom. The number of rotatable bonds is 3. The zero-order valence-corrected chi connectivity index (χ0v) is 13.8. The Hall–Kier alpha value is -2.21. The van der Waals surface area contributed by atoms with Crippen molar-refractivity contribution in [2.24, 2.45) is 0 Å². The first kappa shape index (κ1) is 14.4. The number of nitrogens with zero attached hydrogens (tertiary/aromatic N) is 3. The Balaban J connectivity index is 1.71. The number of fused-ring (bicyclic) bond motifs is 1. The number of carbonyl (C=O) groups is 1. The zero-order valence-electron chi connectivity index (χ0n) is 13.0. The average Bonchev–Trinajstić information content (AvgIpc) is 3.28. The van der Waals surface area contributed by atoms with Crippen LogP contribution in [-0.2, 0) is 5.54 Å². The maximum Gasteiger partial charge on any atom is 0.272 e. The van der Waals surface area contributed by atoms with Crippen molar-refractivity contribution in [1.29, 1.82) is 0 Å². The Labute approximate surface area is 138 Å². The molecule has 23 heavy (non-hydrogen) atoms. The minimum atomic E-state index is -0.329. The van der Waals surface area contributed by atoms with Crippen molar-refractivity contribution in [2.45, 2.75) is 38.1 Å². The van der Waals surface area contributed by atoms with Gasteiger partial charge in [-0.2, -0.15) is 0 Å². The summed E-state index contributed by atoms with van der Waals surface area (Å²) >= 11 is 1.61. The third-order valence-corrected chi connectivity index (χ3v) is 5.57. The fourth-order valence-corrected chi connectivity index (χ4v) is 4.32. The fraction of sp³-hybridized carbons (Fsp3) is 0.353. The smallest absolute Gasteiger partial charge is 0.272 e. The van der Waals surface area contributed by atoms with Crippen LogP contribution in [0.15, 0.2) is 36.0 Å². The number of nitrogens with one attached hydrogen (secondary N) is 1. The predicted molar refractivity (Wildman–Crippen MR) is 89.7 cm³/mol. The third-order valence-electron chi connectivity index (χ3n) is 4.59. The van der Waals surface area contributed by atoms with Crippen molar-refractivity contribution in [3.8, 4) is 0 Å². The minimum Gasteiger partial charge on any atom is -0.339 e. The molecule has 1 fully saturated rings.